The van der Waals surface area contributed by atoms with E-state index in [1.807, 2.05) is 43.3 Å². The van der Waals surface area contributed by atoms with Gasteiger partial charge in [-0.1, -0.05) is 18.2 Å². The molecule has 0 bridgehead atoms. The van der Waals surface area contributed by atoms with Crippen LogP contribution in [0.2, 0.25) is 0 Å². The molecular weight excluding hydrogens is 519 g/mol. The first kappa shape index (κ1) is 25.9. The number of anilines is 1. The third-order valence-corrected chi connectivity index (χ3v) is 5.44. The van der Waals surface area contributed by atoms with Crippen LogP contribution in [0.3, 0.4) is 0 Å². The summed E-state index contributed by atoms with van der Waals surface area (Å²) in [5, 5.41) is 6.81. The average Bonchev–Trinajstić information content (AvgIpc) is 3.28. The lowest BCUT2D eigenvalue weighted by Crippen LogP contribution is -2.43. The number of hydrogen-bond donors (Lipinski definition) is 2. The Hall–Kier alpha value is -2.36. The quantitative estimate of drug-likeness (QED) is 0.280. The molecule has 2 atom stereocenters. The van der Waals surface area contributed by atoms with E-state index in [1.165, 1.54) is 5.69 Å². The molecule has 2 N–H and O–H groups in total. The highest BCUT2D eigenvalue weighted by molar-refractivity contribution is 14.0. The third-order valence-electron chi connectivity index (χ3n) is 5.44. The van der Waals surface area contributed by atoms with Gasteiger partial charge in [0.05, 0.1) is 20.8 Å². The highest BCUT2D eigenvalue weighted by atomic mass is 127. The Balaban J connectivity index is 0.00000363. The van der Waals surface area contributed by atoms with E-state index in [0.717, 1.165) is 49.3 Å². The van der Waals surface area contributed by atoms with Gasteiger partial charge in [0.2, 0.25) is 0 Å². The molecule has 1 saturated heterocycles. The first-order valence-electron chi connectivity index (χ1n) is 10.8. The second kappa shape index (κ2) is 13.2. The van der Waals surface area contributed by atoms with Gasteiger partial charge in [-0.15, -0.1) is 24.0 Å². The van der Waals surface area contributed by atoms with Gasteiger partial charge in [-0.25, -0.2) is 0 Å². The largest absolute Gasteiger partial charge is 0.497 e. The van der Waals surface area contributed by atoms with E-state index in [1.54, 1.807) is 21.3 Å². The Kier molecular flexibility index (Phi) is 10.7. The zero-order valence-electron chi connectivity index (χ0n) is 19.3. The van der Waals surface area contributed by atoms with Gasteiger partial charge in [-0.05, 0) is 43.5 Å². The summed E-state index contributed by atoms with van der Waals surface area (Å²) in [4.78, 5) is 6.76. The molecule has 2 unspecified atom stereocenters. The molecule has 2 aromatic carbocycles. The number of guanidine groups is 1. The molecule has 1 aliphatic heterocycles. The van der Waals surface area contributed by atoms with Gasteiger partial charge in [-0.2, -0.15) is 0 Å². The summed E-state index contributed by atoms with van der Waals surface area (Å²) in [7, 11) is 5.14. The predicted molar refractivity (Wildman–Crippen MR) is 141 cm³/mol. The molecule has 176 valence electrons. The summed E-state index contributed by atoms with van der Waals surface area (Å²) in [6.45, 7) is 5.61. The second-order valence-corrected chi connectivity index (χ2v) is 7.72. The Morgan fingerprint density at radius 1 is 1.09 bits per heavy atom. The van der Waals surface area contributed by atoms with Crippen LogP contribution in [-0.2, 0) is 0 Å². The van der Waals surface area contributed by atoms with Crippen LogP contribution in [0.15, 0.2) is 53.5 Å². The molecule has 3 rings (SSSR count). The number of halogens is 1. The molecular formula is C24H35IN4O3. The molecule has 0 aromatic heterocycles. The molecule has 0 spiro atoms. The van der Waals surface area contributed by atoms with Crippen molar-refractivity contribution in [2.75, 3.05) is 52.3 Å². The fourth-order valence-electron chi connectivity index (χ4n) is 3.72. The number of methoxy groups -OCH3 is 2. The molecule has 32 heavy (non-hydrogen) atoms. The lowest BCUT2D eigenvalue weighted by atomic mass is 10.1. The van der Waals surface area contributed by atoms with Crippen molar-refractivity contribution in [2.24, 2.45) is 10.9 Å². The molecule has 1 heterocycles. The van der Waals surface area contributed by atoms with Crippen molar-refractivity contribution in [3.63, 3.8) is 0 Å². The topological polar surface area (TPSA) is 67.4 Å². The van der Waals surface area contributed by atoms with E-state index in [2.05, 4.69) is 32.7 Å². The van der Waals surface area contributed by atoms with Crippen LogP contribution in [0.25, 0.3) is 0 Å². The maximum Gasteiger partial charge on any atom is 0.191 e. The number of rotatable bonds is 9. The summed E-state index contributed by atoms with van der Waals surface area (Å²) in [6, 6.07) is 15.9. The van der Waals surface area contributed by atoms with Gasteiger partial charge in [-0.3, -0.25) is 4.99 Å². The van der Waals surface area contributed by atoms with Crippen molar-refractivity contribution < 1.29 is 14.2 Å². The van der Waals surface area contributed by atoms with Gasteiger partial charge in [0.25, 0.3) is 0 Å². The molecule has 1 aliphatic rings. The summed E-state index contributed by atoms with van der Waals surface area (Å²) in [6.07, 6.45) is 1.11. The van der Waals surface area contributed by atoms with Crippen molar-refractivity contribution in [1.82, 2.24) is 10.6 Å². The normalized spacial score (nSPS) is 16.7. The minimum Gasteiger partial charge on any atom is -0.497 e. The lowest BCUT2D eigenvalue weighted by Gasteiger charge is -2.21. The molecule has 7 nitrogen and oxygen atoms in total. The van der Waals surface area contributed by atoms with Crippen molar-refractivity contribution in [1.29, 1.82) is 0 Å². The number of aliphatic imine (C=N–C) groups is 1. The SMILES string of the molecule is CN=C(NCC1CCN(c2cccc(OC)c2)C1)NCC(C)Oc1ccccc1OC.I. The molecule has 0 radical (unpaired) electrons. The van der Waals surface area contributed by atoms with Gasteiger partial charge in [0.1, 0.15) is 11.9 Å². The summed E-state index contributed by atoms with van der Waals surface area (Å²) >= 11 is 0. The van der Waals surface area contributed by atoms with Crippen molar-refractivity contribution in [2.45, 2.75) is 19.4 Å². The Labute approximate surface area is 208 Å². The number of nitrogens with one attached hydrogen (secondary N) is 2. The summed E-state index contributed by atoms with van der Waals surface area (Å²) in [5.74, 6) is 3.72. The van der Waals surface area contributed by atoms with Gasteiger partial charge in [0, 0.05) is 38.4 Å². The highest BCUT2D eigenvalue weighted by Crippen LogP contribution is 2.27. The van der Waals surface area contributed by atoms with E-state index >= 15 is 0 Å². The molecule has 2 aromatic rings. The fourth-order valence-corrected chi connectivity index (χ4v) is 3.72. The molecule has 0 saturated carbocycles. The van der Waals surface area contributed by atoms with Gasteiger partial charge >= 0.3 is 0 Å². The van der Waals surface area contributed by atoms with E-state index in [9.17, 15) is 0 Å². The smallest absolute Gasteiger partial charge is 0.191 e. The van der Waals surface area contributed by atoms with Crippen molar-refractivity contribution in [3.8, 4) is 17.2 Å². The highest BCUT2D eigenvalue weighted by Gasteiger charge is 2.23. The number of ether oxygens (including phenoxy) is 3. The van der Waals surface area contributed by atoms with Crippen LogP contribution >= 0.6 is 24.0 Å². The fraction of sp³-hybridized carbons (Fsp3) is 0.458. The van der Waals surface area contributed by atoms with E-state index in [0.29, 0.717) is 12.5 Å². The molecule has 1 fully saturated rings. The maximum atomic E-state index is 6.00. The third kappa shape index (κ3) is 7.36. The minimum absolute atomic E-state index is 0. The zero-order chi connectivity index (χ0) is 22.1. The number of benzene rings is 2. The summed E-state index contributed by atoms with van der Waals surface area (Å²) < 4.78 is 16.7. The van der Waals surface area contributed by atoms with Crippen molar-refractivity contribution in [3.05, 3.63) is 48.5 Å². The van der Waals surface area contributed by atoms with E-state index in [4.69, 9.17) is 14.2 Å². The Morgan fingerprint density at radius 2 is 1.88 bits per heavy atom. The van der Waals surface area contributed by atoms with E-state index in [-0.39, 0.29) is 30.1 Å². The minimum atomic E-state index is -0.0371. The van der Waals surface area contributed by atoms with Crippen molar-refractivity contribution >= 4 is 35.6 Å². The Morgan fingerprint density at radius 3 is 2.59 bits per heavy atom. The van der Waals surface area contributed by atoms with Gasteiger partial charge in [0.15, 0.2) is 17.5 Å². The predicted octanol–water partition coefficient (Wildman–Crippen LogP) is 3.78. The zero-order valence-corrected chi connectivity index (χ0v) is 21.7. The number of hydrogen-bond acceptors (Lipinski definition) is 5. The number of nitrogens with zero attached hydrogens (tertiary/aromatic N) is 2. The number of para-hydroxylation sites is 2. The van der Waals surface area contributed by atoms with Crippen LogP contribution in [0.1, 0.15) is 13.3 Å². The maximum absolute atomic E-state index is 6.00. The summed E-state index contributed by atoms with van der Waals surface area (Å²) in [5.41, 5.74) is 1.21. The van der Waals surface area contributed by atoms with Crippen LogP contribution in [0, 0.1) is 5.92 Å². The van der Waals surface area contributed by atoms with Gasteiger partial charge < -0.3 is 29.7 Å². The van der Waals surface area contributed by atoms with Crippen LogP contribution in [0.4, 0.5) is 5.69 Å². The van der Waals surface area contributed by atoms with Crippen LogP contribution in [-0.4, -0.2) is 59.5 Å². The Bertz CT molecular complexity index is 865. The molecule has 0 amide bonds. The van der Waals surface area contributed by atoms with Crippen LogP contribution in [0.5, 0.6) is 17.2 Å². The van der Waals surface area contributed by atoms with E-state index < -0.39 is 0 Å². The molecule has 0 aliphatic carbocycles. The first-order chi connectivity index (χ1) is 15.1. The van der Waals surface area contributed by atoms with Crippen LogP contribution < -0.4 is 29.7 Å². The monoisotopic (exact) mass is 554 g/mol. The standard InChI is InChI=1S/C24H34N4O3.HI/c1-18(31-23-11-6-5-10-22(23)30-4)15-26-24(25-2)27-16-19-12-13-28(17-19)20-8-7-9-21(14-20)29-3;/h5-11,14,18-19H,12-13,15-17H2,1-4H3,(H2,25,26,27);1H. The lowest BCUT2D eigenvalue weighted by molar-refractivity contribution is 0.213. The second-order valence-electron chi connectivity index (χ2n) is 7.72. The first-order valence-corrected chi connectivity index (χ1v) is 10.8. The molecule has 8 heteroatoms. The average molecular weight is 554 g/mol.